The zero-order chi connectivity index (χ0) is 51.5. The van der Waals surface area contributed by atoms with Crippen molar-refractivity contribution in [3.05, 3.63) is 218 Å². The van der Waals surface area contributed by atoms with Crippen LogP contribution < -0.4 is 5.56 Å². The Bertz CT molecular complexity index is 2970. The standard InChI is InChI=1S/C15H15N3O.C15H19NO3.C14H14ClN3.C14H15N3O.4CH4/c19-10-15-13-6-7-18(9-14(13)16-11-17-15)8-12-4-2-1-3-5-12;1-2-19-15(18)13-8-9-16(11-14(13)17)10-12-6-4-3-5-7-12;15-14-12-6-7-18(9-13(12)16-10-17-14)8-11-4-2-1-3-5-11;18-14-12-6-7-17(9-13(12)15-10-16-14)8-11-4-2-1-3-5-11;;;;/h1-5,10-11H,6-9H2;3-7,13H,2,8-11H2,1H3;1-5,10H,6-9H2;1-5,10H,6-9H2,(H,15,16,18);4*1H4. The Labute approximate surface area is 467 Å². The largest absolute Gasteiger partial charge is 0.465 e. The Balaban J connectivity index is 0.000000221. The Morgan fingerprint density at radius 2 is 0.974 bits per heavy atom. The zero-order valence-corrected chi connectivity index (χ0v) is 42.7. The van der Waals surface area contributed by atoms with Crippen LogP contribution in [0, 0.1) is 5.92 Å². The van der Waals surface area contributed by atoms with Gasteiger partial charge in [0, 0.05) is 88.7 Å². The number of aldehydes is 1. The number of esters is 1. The lowest BCUT2D eigenvalue weighted by Crippen LogP contribution is -2.43. The third-order valence-electron chi connectivity index (χ3n) is 13.4. The second-order valence-corrected chi connectivity index (χ2v) is 19.0. The van der Waals surface area contributed by atoms with Crippen LogP contribution in [0.15, 0.2) is 145 Å². The predicted octanol–water partition coefficient (Wildman–Crippen LogP) is 10.0. The summed E-state index contributed by atoms with van der Waals surface area (Å²) in [6, 6.07) is 41.3. The van der Waals surface area contributed by atoms with Gasteiger partial charge in [-0.3, -0.25) is 38.8 Å². The van der Waals surface area contributed by atoms with E-state index in [1.54, 1.807) is 13.3 Å². The molecule has 0 radical (unpaired) electrons. The molecule has 78 heavy (non-hydrogen) atoms. The predicted molar refractivity (Wildman–Crippen MR) is 310 cm³/mol. The van der Waals surface area contributed by atoms with E-state index < -0.39 is 5.92 Å². The summed E-state index contributed by atoms with van der Waals surface area (Å²) in [6.07, 6.45) is 8.47. The highest BCUT2D eigenvalue weighted by Gasteiger charge is 2.33. The zero-order valence-electron chi connectivity index (χ0n) is 41.9. The molecule has 4 aliphatic heterocycles. The van der Waals surface area contributed by atoms with Crippen LogP contribution in [0.4, 0.5) is 0 Å². The van der Waals surface area contributed by atoms with Crippen LogP contribution in [0.1, 0.15) is 110 Å². The van der Waals surface area contributed by atoms with Gasteiger partial charge in [0.05, 0.1) is 36.6 Å². The number of likely N-dealkylation sites (tertiary alicyclic amines) is 1. The van der Waals surface area contributed by atoms with E-state index >= 15 is 0 Å². The molecule has 11 rings (SSSR count). The van der Waals surface area contributed by atoms with Crippen molar-refractivity contribution in [2.75, 3.05) is 39.3 Å². The molecule has 0 aliphatic carbocycles. The molecule has 1 atom stereocenters. The van der Waals surface area contributed by atoms with E-state index in [0.717, 1.165) is 131 Å². The van der Waals surface area contributed by atoms with Crippen LogP contribution in [-0.2, 0) is 79.4 Å². The molecule has 1 saturated heterocycles. The first-order valence-corrected chi connectivity index (χ1v) is 25.7. The summed E-state index contributed by atoms with van der Waals surface area (Å²) in [5.74, 6) is -0.959. The number of nitrogens with zero attached hydrogens (tertiary/aromatic N) is 9. The molecule has 7 aromatic rings. The first kappa shape index (κ1) is 63.4. The number of H-pyrrole nitrogens is 1. The van der Waals surface area contributed by atoms with Crippen LogP contribution in [0.5, 0.6) is 0 Å². The molecule has 1 unspecified atom stereocenters. The van der Waals surface area contributed by atoms with Gasteiger partial charge in [0.2, 0.25) is 0 Å². The Kier molecular flexibility index (Phi) is 26.5. The molecular weight excluding hydrogens is 1000 g/mol. The molecule has 15 nitrogen and oxygen atoms in total. The highest BCUT2D eigenvalue weighted by molar-refractivity contribution is 6.30. The fraction of sp³-hybridized carbons (Fsp3) is 0.371. The number of nitrogens with one attached hydrogen (secondary N) is 1. The number of carbonyl (C=O) groups excluding carboxylic acids is 3. The number of rotatable bonds is 11. The molecule has 0 bridgehead atoms. The van der Waals surface area contributed by atoms with Crippen molar-refractivity contribution in [1.29, 1.82) is 0 Å². The monoisotopic (exact) mass is 1080 g/mol. The molecule has 4 aromatic carbocycles. The number of hydrogen-bond donors (Lipinski definition) is 1. The van der Waals surface area contributed by atoms with Gasteiger partial charge in [-0.1, -0.05) is 163 Å². The molecule has 0 amide bonds. The Hall–Kier alpha value is -7.14. The maximum absolute atomic E-state index is 12.0. The lowest BCUT2D eigenvalue weighted by molar-refractivity contribution is -0.153. The Morgan fingerprint density at radius 3 is 1.42 bits per heavy atom. The van der Waals surface area contributed by atoms with E-state index in [2.05, 4.69) is 122 Å². The van der Waals surface area contributed by atoms with E-state index in [-0.39, 0.29) is 47.0 Å². The second-order valence-electron chi connectivity index (χ2n) is 18.6. The van der Waals surface area contributed by atoms with Gasteiger partial charge in [-0.25, -0.2) is 24.9 Å². The highest BCUT2D eigenvalue weighted by Crippen LogP contribution is 2.24. The third kappa shape index (κ3) is 18.2. The summed E-state index contributed by atoms with van der Waals surface area (Å²) in [6.45, 7) is 12.0. The minimum absolute atomic E-state index is 0. The van der Waals surface area contributed by atoms with Crippen molar-refractivity contribution in [3.63, 3.8) is 0 Å². The number of benzene rings is 4. The molecular formula is C62H79ClN10O5. The lowest BCUT2D eigenvalue weighted by atomic mass is 9.95. The van der Waals surface area contributed by atoms with Gasteiger partial charge in [-0.05, 0) is 54.9 Å². The summed E-state index contributed by atoms with van der Waals surface area (Å²) in [7, 11) is 0. The number of ether oxygens (including phenoxy) is 1. The van der Waals surface area contributed by atoms with Crippen molar-refractivity contribution >= 4 is 29.6 Å². The second kappa shape index (κ2) is 32.6. The minimum Gasteiger partial charge on any atom is -0.465 e. The average molecular weight is 1080 g/mol. The summed E-state index contributed by atoms with van der Waals surface area (Å²) >= 11 is 6.08. The Morgan fingerprint density at radius 1 is 0.564 bits per heavy atom. The maximum atomic E-state index is 12.0. The number of aromatic nitrogens is 6. The smallest absolute Gasteiger partial charge is 0.316 e. The van der Waals surface area contributed by atoms with Gasteiger partial charge in [-0.2, -0.15) is 0 Å². The van der Waals surface area contributed by atoms with Crippen LogP contribution in [0.25, 0.3) is 0 Å². The van der Waals surface area contributed by atoms with Crippen molar-refractivity contribution < 1.29 is 19.1 Å². The van der Waals surface area contributed by atoms with Crippen LogP contribution in [0.3, 0.4) is 0 Å². The fourth-order valence-corrected chi connectivity index (χ4v) is 9.85. The number of fused-ring (bicyclic) bond motifs is 3. The van der Waals surface area contributed by atoms with Gasteiger partial charge in [0.25, 0.3) is 5.56 Å². The van der Waals surface area contributed by atoms with Gasteiger partial charge in [0.15, 0.2) is 12.1 Å². The van der Waals surface area contributed by atoms with Crippen molar-refractivity contribution in [1.82, 2.24) is 49.5 Å². The minimum atomic E-state index is -0.563. The normalized spacial score (nSPS) is 15.7. The van der Waals surface area contributed by atoms with Crippen LogP contribution in [0.2, 0.25) is 5.15 Å². The van der Waals surface area contributed by atoms with Crippen molar-refractivity contribution in [2.24, 2.45) is 5.92 Å². The number of ketones is 1. The number of carbonyl (C=O) groups is 3. The molecule has 4 aliphatic rings. The molecule has 414 valence electrons. The molecule has 1 N–H and O–H groups in total. The van der Waals surface area contributed by atoms with Crippen molar-refractivity contribution in [3.8, 4) is 0 Å². The van der Waals surface area contributed by atoms with Crippen molar-refractivity contribution in [2.45, 2.75) is 108 Å². The van der Waals surface area contributed by atoms with E-state index in [0.29, 0.717) is 30.4 Å². The number of aromatic amines is 1. The van der Waals surface area contributed by atoms with E-state index in [1.165, 1.54) is 34.9 Å². The SMILES string of the molecule is C.C.C.C.CCOC(=O)C1CCN(Cc2ccccc2)CC1=O.Clc1ncnc2c1CCN(Cc1ccccc1)C2.O=Cc1ncnc2c1CCN(Cc1ccccc1)C2.O=c1[nH]cnc2c1CCN(Cc1ccccc1)C2. The number of halogens is 1. The molecule has 16 heteroatoms. The number of piperidine rings is 1. The number of hydrogen-bond acceptors (Lipinski definition) is 14. The van der Waals surface area contributed by atoms with Crippen LogP contribution >= 0.6 is 11.6 Å². The van der Waals surface area contributed by atoms with E-state index in [4.69, 9.17) is 16.3 Å². The highest BCUT2D eigenvalue weighted by atomic mass is 35.5. The molecule has 1 fully saturated rings. The first-order valence-electron chi connectivity index (χ1n) is 25.3. The molecule has 0 saturated carbocycles. The van der Waals surface area contributed by atoms with Gasteiger partial charge < -0.3 is 9.72 Å². The van der Waals surface area contributed by atoms with Gasteiger partial charge in [-0.15, -0.1) is 0 Å². The first-order chi connectivity index (χ1) is 36.2. The number of Topliss-reactive ketones (excluding diaryl/α,β-unsaturated/α-hetero) is 1. The van der Waals surface area contributed by atoms with Gasteiger partial charge in [0.1, 0.15) is 29.4 Å². The fourth-order valence-electron chi connectivity index (χ4n) is 9.60. The summed E-state index contributed by atoms with van der Waals surface area (Å²) in [5.41, 5.74) is 11.6. The van der Waals surface area contributed by atoms with Gasteiger partial charge >= 0.3 is 5.97 Å². The quantitative estimate of drug-likeness (QED) is 0.0562. The average Bonchev–Trinajstić information content (AvgIpc) is 3.43. The van der Waals surface area contributed by atoms with E-state index in [9.17, 15) is 19.2 Å². The van der Waals surface area contributed by atoms with E-state index in [1.807, 2.05) is 48.5 Å². The molecule has 3 aromatic heterocycles. The summed E-state index contributed by atoms with van der Waals surface area (Å²) < 4.78 is 4.93. The molecule has 0 spiro atoms. The molecule has 7 heterocycles. The maximum Gasteiger partial charge on any atom is 0.316 e. The summed E-state index contributed by atoms with van der Waals surface area (Å²) in [4.78, 5) is 78.9. The summed E-state index contributed by atoms with van der Waals surface area (Å²) in [5, 5.41) is 0.611. The third-order valence-corrected chi connectivity index (χ3v) is 13.7. The van der Waals surface area contributed by atoms with Crippen LogP contribution in [-0.4, -0.2) is 107 Å². The lowest BCUT2D eigenvalue weighted by Gasteiger charge is -2.29. The topological polar surface area (TPSA) is 171 Å².